The van der Waals surface area contributed by atoms with Gasteiger partial charge in [-0.15, -0.1) is 0 Å². The third kappa shape index (κ3) is 6.94. The van der Waals surface area contributed by atoms with E-state index in [1.54, 1.807) is 49.4 Å². The van der Waals surface area contributed by atoms with Crippen LogP contribution in [0.3, 0.4) is 0 Å². The average molecular weight is 566 g/mol. The highest BCUT2D eigenvalue weighted by atomic mass is 35.5. The van der Waals surface area contributed by atoms with Crippen molar-refractivity contribution in [2.75, 3.05) is 27.2 Å². The molecule has 2 N–H and O–H groups in total. The highest BCUT2D eigenvalue weighted by Gasteiger charge is 2.29. The standard InChI is InChI=1S/C25H28ClN3O6S2/c1-5-35-21-13-11-20(12-14-21)29(36(4,31)32)18(3)25(30)27-19-9-15-22(16-10-19)37(33,34)28-24-8-6-7-23(26)17(24)2/h6-16,18,28H,5H2,1-4H3,(H,27,30)/t18-/m1/s1. The first kappa shape index (κ1) is 28.3. The molecule has 0 fully saturated rings. The Morgan fingerprint density at radius 2 is 1.62 bits per heavy atom. The van der Waals surface area contributed by atoms with Gasteiger partial charge in [0.05, 0.1) is 29.1 Å². The molecule has 1 atom stereocenters. The second kappa shape index (κ2) is 11.4. The molecule has 0 saturated carbocycles. The van der Waals surface area contributed by atoms with E-state index in [4.69, 9.17) is 16.3 Å². The zero-order valence-corrected chi connectivity index (χ0v) is 23.1. The fourth-order valence-electron chi connectivity index (χ4n) is 3.55. The summed E-state index contributed by atoms with van der Waals surface area (Å²) in [5.74, 6) is -0.0190. The smallest absolute Gasteiger partial charge is 0.261 e. The quantitative estimate of drug-likeness (QED) is 0.369. The van der Waals surface area contributed by atoms with E-state index in [0.717, 1.165) is 10.6 Å². The number of amides is 1. The molecule has 0 radical (unpaired) electrons. The minimum absolute atomic E-state index is 0.0231. The van der Waals surface area contributed by atoms with Crippen LogP contribution in [0.15, 0.2) is 71.6 Å². The Morgan fingerprint density at radius 3 is 2.19 bits per heavy atom. The number of anilines is 3. The van der Waals surface area contributed by atoms with Crippen molar-refractivity contribution in [3.05, 3.63) is 77.3 Å². The summed E-state index contributed by atoms with van der Waals surface area (Å²) < 4.78 is 59.6. The van der Waals surface area contributed by atoms with Gasteiger partial charge in [-0.3, -0.25) is 13.8 Å². The van der Waals surface area contributed by atoms with Crippen molar-refractivity contribution in [3.8, 4) is 5.75 Å². The number of hydrogen-bond acceptors (Lipinski definition) is 6. The fourth-order valence-corrected chi connectivity index (χ4v) is 6.02. The molecule has 0 aromatic heterocycles. The molecular weight excluding hydrogens is 538 g/mol. The molecule has 37 heavy (non-hydrogen) atoms. The summed E-state index contributed by atoms with van der Waals surface area (Å²) in [5.41, 5.74) is 1.55. The van der Waals surface area contributed by atoms with Crippen LogP contribution in [-0.2, 0) is 24.8 Å². The van der Waals surface area contributed by atoms with Crippen LogP contribution < -0.4 is 19.1 Å². The van der Waals surface area contributed by atoms with Gasteiger partial charge in [0.2, 0.25) is 15.9 Å². The number of hydrogen-bond donors (Lipinski definition) is 2. The maximum atomic E-state index is 13.0. The van der Waals surface area contributed by atoms with E-state index in [0.29, 0.717) is 40.0 Å². The maximum absolute atomic E-state index is 13.0. The molecule has 0 aliphatic carbocycles. The number of carbonyl (C=O) groups is 1. The van der Waals surface area contributed by atoms with Gasteiger partial charge in [0.15, 0.2) is 0 Å². The number of ether oxygens (including phenoxy) is 1. The minimum atomic E-state index is -3.91. The van der Waals surface area contributed by atoms with E-state index in [1.807, 2.05) is 6.92 Å². The number of carbonyl (C=O) groups excluding carboxylic acids is 1. The van der Waals surface area contributed by atoms with Crippen LogP contribution in [-0.4, -0.2) is 41.6 Å². The Hall–Kier alpha value is -3.28. The summed E-state index contributed by atoms with van der Waals surface area (Å²) in [4.78, 5) is 12.9. The first-order valence-corrected chi connectivity index (χ1v) is 15.0. The first-order chi connectivity index (χ1) is 17.3. The topological polar surface area (TPSA) is 122 Å². The third-order valence-corrected chi connectivity index (χ3v) is 8.47. The van der Waals surface area contributed by atoms with E-state index in [1.165, 1.54) is 31.2 Å². The lowest BCUT2D eigenvalue weighted by atomic mass is 10.2. The molecule has 198 valence electrons. The second-order valence-corrected chi connectivity index (χ2v) is 12.1. The normalized spacial score (nSPS) is 12.5. The van der Waals surface area contributed by atoms with E-state index in [2.05, 4.69) is 10.0 Å². The van der Waals surface area contributed by atoms with Gasteiger partial charge in [0, 0.05) is 10.7 Å². The number of nitrogens with zero attached hydrogens (tertiary/aromatic N) is 1. The zero-order chi connectivity index (χ0) is 27.4. The SMILES string of the molecule is CCOc1ccc(N([C@H](C)C(=O)Nc2ccc(S(=O)(=O)Nc3cccc(Cl)c3C)cc2)S(C)(=O)=O)cc1. The second-order valence-electron chi connectivity index (χ2n) is 8.19. The van der Waals surface area contributed by atoms with Crippen LogP contribution in [0.4, 0.5) is 17.1 Å². The molecule has 0 heterocycles. The molecule has 9 nitrogen and oxygen atoms in total. The number of rotatable bonds is 10. The maximum Gasteiger partial charge on any atom is 0.261 e. The molecule has 0 bridgehead atoms. The average Bonchev–Trinajstić information content (AvgIpc) is 2.83. The van der Waals surface area contributed by atoms with Gasteiger partial charge in [-0.25, -0.2) is 16.8 Å². The summed E-state index contributed by atoms with van der Waals surface area (Å²) in [5, 5.41) is 3.07. The van der Waals surface area contributed by atoms with Crippen molar-refractivity contribution in [2.45, 2.75) is 31.7 Å². The van der Waals surface area contributed by atoms with Crippen LogP contribution in [0, 0.1) is 6.92 Å². The van der Waals surface area contributed by atoms with E-state index in [-0.39, 0.29) is 4.90 Å². The Balaban J connectivity index is 1.76. The highest BCUT2D eigenvalue weighted by molar-refractivity contribution is 7.92. The van der Waals surface area contributed by atoms with Crippen molar-refractivity contribution >= 4 is 54.6 Å². The molecule has 0 saturated heterocycles. The largest absolute Gasteiger partial charge is 0.494 e. The fraction of sp³-hybridized carbons (Fsp3) is 0.240. The Bertz CT molecular complexity index is 1480. The summed E-state index contributed by atoms with van der Waals surface area (Å²) in [6.45, 7) is 5.46. The third-order valence-electron chi connectivity index (χ3n) is 5.43. The minimum Gasteiger partial charge on any atom is -0.494 e. The zero-order valence-electron chi connectivity index (χ0n) is 20.7. The van der Waals surface area contributed by atoms with Crippen molar-refractivity contribution in [3.63, 3.8) is 0 Å². The van der Waals surface area contributed by atoms with Gasteiger partial charge < -0.3 is 10.1 Å². The lowest BCUT2D eigenvalue weighted by Crippen LogP contribution is -2.45. The summed E-state index contributed by atoms with van der Waals surface area (Å²) in [6, 6.07) is 15.7. The van der Waals surface area contributed by atoms with Gasteiger partial charge in [-0.2, -0.15) is 0 Å². The van der Waals surface area contributed by atoms with Crippen molar-refractivity contribution in [1.29, 1.82) is 0 Å². The van der Waals surface area contributed by atoms with Crippen LogP contribution in [0.25, 0.3) is 0 Å². The lowest BCUT2D eigenvalue weighted by molar-refractivity contribution is -0.116. The molecule has 0 aliphatic rings. The van der Waals surface area contributed by atoms with E-state index < -0.39 is 32.0 Å². The first-order valence-electron chi connectivity index (χ1n) is 11.2. The summed E-state index contributed by atoms with van der Waals surface area (Å²) >= 11 is 6.07. The number of benzene rings is 3. The monoisotopic (exact) mass is 565 g/mol. The van der Waals surface area contributed by atoms with Crippen LogP contribution >= 0.6 is 11.6 Å². The molecule has 0 unspecified atom stereocenters. The van der Waals surface area contributed by atoms with Crippen LogP contribution in [0.5, 0.6) is 5.75 Å². The van der Waals surface area contributed by atoms with Gasteiger partial charge in [0.1, 0.15) is 11.8 Å². The Morgan fingerprint density at radius 1 is 1.00 bits per heavy atom. The van der Waals surface area contributed by atoms with Gasteiger partial charge in [-0.1, -0.05) is 17.7 Å². The van der Waals surface area contributed by atoms with Crippen molar-refractivity contribution in [2.24, 2.45) is 0 Å². The summed E-state index contributed by atoms with van der Waals surface area (Å²) in [6.07, 6.45) is 1.02. The lowest BCUT2D eigenvalue weighted by Gasteiger charge is -2.28. The van der Waals surface area contributed by atoms with Crippen LogP contribution in [0.1, 0.15) is 19.4 Å². The highest BCUT2D eigenvalue weighted by Crippen LogP contribution is 2.27. The molecule has 1 amide bonds. The Labute approximate surface area is 222 Å². The van der Waals surface area contributed by atoms with Gasteiger partial charge >= 0.3 is 0 Å². The summed E-state index contributed by atoms with van der Waals surface area (Å²) in [7, 11) is -7.72. The predicted molar refractivity (Wildman–Crippen MR) is 146 cm³/mol. The predicted octanol–water partition coefficient (Wildman–Crippen LogP) is 4.64. The molecule has 3 rings (SSSR count). The van der Waals surface area contributed by atoms with Crippen LogP contribution in [0.2, 0.25) is 5.02 Å². The molecule has 0 aliphatic heterocycles. The molecule has 0 spiro atoms. The Kier molecular flexibility index (Phi) is 8.72. The number of nitrogens with one attached hydrogen (secondary N) is 2. The number of sulfonamides is 2. The van der Waals surface area contributed by atoms with Gasteiger partial charge in [-0.05, 0) is 87.0 Å². The molecule has 12 heteroatoms. The molecular formula is C25H28ClN3O6S2. The molecule has 3 aromatic carbocycles. The van der Waals surface area contributed by atoms with Gasteiger partial charge in [0.25, 0.3) is 10.0 Å². The van der Waals surface area contributed by atoms with E-state index >= 15 is 0 Å². The van der Waals surface area contributed by atoms with Crippen molar-refractivity contribution in [1.82, 2.24) is 0 Å². The number of halogens is 1. The van der Waals surface area contributed by atoms with Crippen molar-refractivity contribution < 1.29 is 26.4 Å². The van der Waals surface area contributed by atoms with E-state index in [9.17, 15) is 21.6 Å². The molecule has 3 aromatic rings.